The number of benzene rings is 2. The number of rotatable bonds is 13. The third kappa shape index (κ3) is 8.30. The Kier molecular flexibility index (Phi) is 11.4. The summed E-state index contributed by atoms with van der Waals surface area (Å²) >= 11 is 0. The van der Waals surface area contributed by atoms with Crippen LogP contribution in [0.2, 0.25) is 0 Å². The number of anilines is 1. The maximum atomic E-state index is 12.9. The van der Waals surface area contributed by atoms with E-state index in [-0.39, 0.29) is 51.5 Å². The molecule has 2 aromatic rings. The zero-order chi connectivity index (χ0) is 30.0. The van der Waals surface area contributed by atoms with E-state index in [1.165, 1.54) is 4.90 Å². The zero-order valence-corrected chi connectivity index (χ0v) is 24.7. The number of hydrogen-bond acceptors (Lipinski definition) is 10. The zero-order valence-electron chi connectivity index (χ0n) is 24.7. The summed E-state index contributed by atoms with van der Waals surface area (Å²) in [7, 11) is 0. The number of likely N-dealkylation sites (tertiary alicyclic amines) is 1. The lowest BCUT2D eigenvalue weighted by atomic mass is 9.84. The van der Waals surface area contributed by atoms with E-state index >= 15 is 0 Å². The molecule has 0 aliphatic carbocycles. The number of β-amino-alcohol motifs (C(OH)–C–C–N with tert-alkyl or cyclic N) is 1. The predicted octanol–water partition coefficient (Wildman–Crippen LogP) is 2.26. The molecule has 5 rings (SSSR count). The molecule has 1 amide bonds. The first kappa shape index (κ1) is 31.3. The number of aliphatic hydroxyl groups excluding tert-OH is 3. The number of nitrogens with one attached hydrogen (secondary N) is 1. The van der Waals surface area contributed by atoms with E-state index in [2.05, 4.69) is 16.3 Å². The van der Waals surface area contributed by atoms with Crippen molar-refractivity contribution in [2.24, 2.45) is 0 Å². The van der Waals surface area contributed by atoms with Crippen molar-refractivity contribution < 1.29 is 39.1 Å². The highest BCUT2D eigenvalue weighted by Crippen LogP contribution is 2.35. The lowest BCUT2D eigenvalue weighted by Gasteiger charge is -2.41. The number of fused-ring (bicyclic) bond motifs is 1. The first-order valence-electron chi connectivity index (χ1n) is 15.5. The fourth-order valence-corrected chi connectivity index (χ4v) is 5.99. The van der Waals surface area contributed by atoms with Gasteiger partial charge >= 0.3 is 6.09 Å². The van der Waals surface area contributed by atoms with Gasteiger partial charge in [-0.15, -0.1) is 0 Å². The summed E-state index contributed by atoms with van der Waals surface area (Å²) in [5.74, 6) is 1.24. The largest absolute Gasteiger partial charge is 0.490 e. The number of piperidine rings is 1. The van der Waals surface area contributed by atoms with Crippen LogP contribution in [0, 0.1) is 0 Å². The highest BCUT2D eigenvalue weighted by Gasteiger charge is 2.40. The smallest absolute Gasteiger partial charge is 0.409 e. The van der Waals surface area contributed by atoms with Crippen LogP contribution >= 0.6 is 0 Å². The Morgan fingerprint density at radius 3 is 2.65 bits per heavy atom. The standard InChI is InChI=1S/C32H45N3O8/c36-14-1-2-16-41-32(39)35-20-28(38)31(24-5-7-25(8-6-24)43-26-10-11-33-19-26)30(21-35)42-22-23-4-9-29-27(18-23)34(12-3-15-37)13-17-40-29/h4-9,18,26,28,30-31,33,36-38H,1-3,10-17,19-22H2. The van der Waals surface area contributed by atoms with Gasteiger partial charge in [-0.1, -0.05) is 18.2 Å². The molecule has 3 aliphatic heterocycles. The molecule has 2 fully saturated rings. The third-order valence-corrected chi connectivity index (χ3v) is 8.27. The van der Waals surface area contributed by atoms with Crippen LogP contribution in [0.25, 0.3) is 0 Å². The van der Waals surface area contributed by atoms with Crippen LogP contribution in [0.5, 0.6) is 11.5 Å². The van der Waals surface area contributed by atoms with Gasteiger partial charge in [0.05, 0.1) is 50.7 Å². The lowest BCUT2D eigenvalue weighted by molar-refractivity contribution is -0.0688. The number of amides is 1. The van der Waals surface area contributed by atoms with Gasteiger partial charge in [-0.3, -0.25) is 0 Å². The Morgan fingerprint density at radius 2 is 1.88 bits per heavy atom. The van der Waals surface area contributed by atoms with Crippen LogP contribution in [0.1, 0.15) is 42.7 Å². The Balaban J connectivity index is 1.30. The number of carbonyl (C=O) groups excluding carboxylic acids is 1. The van der Waals surface area contributed by atoms with Crippen molar-refractivity contribution in [1.82, 2.24) is 10.2 Å². The van der Waals surface area contributed by atoms with Gasteiger partial charge in [-0.05, 0) is 67.6 Å². The number of hydrogen-bond donors (Lipinski definition) is 4. The monoisotopic (exact) mass is 599 g/mol. The molecule has 2 aromatic carbocycles. The number of unbranched alkanes of at least 4 members (excludes halogenated alkanes) is 1. The van der Waals surface area contributed by atoms with Gasteiger partial charge in [0.2, 0.25) is 0 Å². The fraction of sp³-hybridized carbons (Fsp3) is 0.594. The van der Waals surface area contributed by atoms with Crippen LogP contribution in [0.4, 0.5) is 10.5 Å². The van der Waals surface area contributed by atoms with Crippen molar-refractivity contribution in [1.29, 1.82) is 0 Å². The molecule has 0 bridgehead atoms. The number of ether oxygens (including phenoxy) is 4. The Morgan fingerprint density at radius 1 is 1.05 bits per heavy atom. The molecular weight excluding hydrogens is 554 g/mol. The van der Waals surface area contributed by atoms with E-state index in [1.54, 1.807) is 0 Å². The molecule has 11 nitrogen and oxygen atoms in total. The quantitative estimate of drug-likeness (QED) is 0.254. The lowest BCUT2D eigenvalue weighted by Crippen LogP contribution is -2.53. The molecular formula is C32H45N3O8. The second-order valence-electron chi connectivity index (χ2n) is 11.4. The molecule has 43 heavy (non-hydrogen) atoms. The summed E-state index contributed by atoms with van der Waals surface area (Å²) < 4.78 is 23.9. The summed E-state index contributed by atoms with van der Waals surface area (Å²) in [4.78, 5) is 16.6. The van der Waals surface area contributed by atoms with Gasteiger partial charge in [0.15, 0.2) is 0 Å². The van der Waals surface area contributed by atoms with Crippen molar-refractivity contribution in [3.8, 4) is 11.5 Å². The van der Waals surface area contributed by atoms with Crippen molar-refractivity contribution in [2.45, 2.75) is 56.5 Å². The molecule has 236 valence electrons. The summed E-state index contributed by atoms with van der Waals surface area (Å²) in [5, 5.41) is 33.0. The van der Waals surface area contributed by atoms with Gasteiger partial charge < -0.3 is 49.4 Å². The van der Waals surface area contributed by atoms with E-state index in [9.17, 15) is 15.0 Å². The predicted molar refractivity (Wildman–Crippen MR) is 161 cm³/mol. The number of carbonyl (C=O) groups is 1. The highest BCUT2D eigenvalue weighted by molar-refractivity contribution is 5.68. The molecule has 0 aromatic heterocycles. The van der Waals surface area contributed by atoms with E-state index in [4.69, 9.17) is 24.1 Å². The first-order valence-corrected chi connectivity index (χ1v) is 15.5. The summed E-state index contributed by atoms with van der Waals surface area (Å²) in [6.45, 7) is 4.94. The van der Waals surface area contributed by atoms with Crippen LogP contribution in [-0.4, -0.2) is 110 Å². The average molecular weight is 600 g/mol. The maximum Gasteiger partial charge on any atom is 0.409 e. The fourth-order valence-electron chi connectivity index (χ4n) is 5.99. The van der Waals surface area contributed by atoms with E-state index in [0.717, 1.165) is 60.9 Å². The third-order valence-electron chi connectivity index (χ3n) is 8.27. The van der Waals surface area contributed by atoms with E-state index in [1.807, 2.05) is 36.4 Å². The normalized spacial score (nSPS) is 23.5. The van der Waals surface area contributed by atoms with Crippen molar-refractivity contribution in [3.63, 3.8) is 0 Å². The Hall–Kier alpha value is -3.09. The van der Waals surface area contributed by atoms with Gasteiger partial charge in [-0.2, -0.15) is 0 Å². The molecule has 0 spiro atoms. The molecule has 0 radical (unpaired) electrons. The van der Waals surface area contributed by atoms with Crippen LogP contribution in [0.15, 0.2) is 42.5 Å². The Labute approximate surface area is 253 Å². The molecule has 4 atom stereocenters. The van der Waals surface area contributed by atoms with E-state index in [0.29, 0.717) is 25.9 Å². The van der Waals surface area contributed by atoms with Gasteiger partial charge in [0, 0.05) is 32.2 Å². The minimum atomic E-state index is -0.861. The highest BCUT2D eigenvalue weighted by atomic mass is 16.6. The minimum Gasteiger partial charge on any atom is -0.490 e. The van der Waals surface area contributed by atoms with Gasteiger partial charge in [-0.25, -0.2) is 4.79 Å². The van der Waals surface area contributed by atoms with Gasteiger partial charge in [0.25, 0.3) is 0 Å². The van der Waals surface area contributed by atoms with E-state index < -0.39 is 18.3 Å². The van der Waals surface area contributed by atoms with Gasteiger partial charge in [0.1, 0.15) is 24.2 Å². The van der Waals surface area contributed by atoms with Crippen molar-refractivity contribution >= 4 is 11.8 Å². The topological polar surface area (TPSA) is 133 Å². The molecule has 0 saturated carbocycles. The van der Waals surface area contributed by atoms with Crippen molar-refractivity contribution in [2.75, 3.05) is 70.6 Å². The second-order valence-corrected chi connectivity index (χ2v) is 11.4. The van der Waals surface area contributed by atoms with Crippen LogP contribution < -0.4 is 19.7 Å². The molecule has 11 heteroatoms. The summed E-state index contributed by atoms with van der Waals surface area (Å²) in [6, 6.07) is 13.8. The molecule has 3 heterocycles. The summed E-state index contributed by atoms with van der Waals surface area (Å²) in [6.07, 6.45) is 1.09. The second kappa shape index (κ2) is 15.6. The molecule has 2 saturated heterocycles. The SMILES string of the molecule is O=C(OCCCCO)N1CC(O)C(c2ccc(OC3CCNC3)cc2)C(OCc2ccc3c(c2)N(CCCO)CCO3)C1. The first-order chi connectivity index (χ1) is 21.1. The maximum absolute atomic E-state index is 12.9. The Bertz CT molecular complexity index is 1160. The molecule has 4 N–H and O–H groups in total. The average Bonchev–Trinajstić information content (AvgIpc) is 3.54. The van der Waals surface area contributed by atoms with Crippen LogP contribution in [0.3, 0.4) is 0 Å². The van der Waals surface area contributed by atoms with Crippen molar-refractivity contribution in [3.05, 3.63) is 53.6 Å². The summed E-state index contributed by atoms with van der Waals surface area (Å²) in [5.41, 5.74) is 2.84. The number of aliphatic hydroxyl groups is 3. The molecule has 3 aliphatic rings. The molecule has 4 unspecified atom stereocenters. The van der Waals surface area contributed by atoms with Crippen LogP contribution in [-0.2, 0) is 16.1 Å². The number of nitrogens with zero attached hydrogens (tertiary/aromatic N) is 2. The minimum absolute atomic E-state index is 0.0486.